The minimum atomic E-state index is -0.228. The molecule has 1 unspecified atom stereocenters. The van der Waals surface area contributed by atoms with Crippen LogP contribution in [0, 0.1) is 0 Å². The van der Waals surface area contributed by atoms with Crippen molar-refractivity contribution in [2.24, 2.45) is 5.73 Å². The molecular formula is C9H14N6O. The maximum Gasteiger partial charge on any atom is 0.247 e. The summed E-state index contributed by atoms with van der Waals surface area (Å²) in [5.41, 5.74) is 12.5. The summed E-state index contributed by atoms with van der Waals surface area (Å²) >= 11 is 0. The Morgan fingerprint density at radius 3 is 2.88 bits per heavy atom. The predicted octanol–water partition coefficient (Wildman–Crippen LogP) is 0.284. The SMILES string of the molecule is CCOc1nc(N)nc2c1ncn2C(C)N. The standard InChI is InChI=1S/C9H14N6O/c1-3-16-8-6-7(13-9(11)14-8)15(4-12-6)5(2)10/h4-5H,3,10H2,1-2H3,(H2,11,13,14). The van der Waals surface area contributed by atoms with Gasteiger partial charge in [-0.15, -0.1) is 0 Å². The van der Waals surface area contributed by atoms with Crippen molar-refractivity contribution in [1.82, 2.24) is 19.5 Å². The molecule has 0 saturated carbocycles. The van der Waals surface area contributed by atoms with E-state index >= 15 is 0 Å². The Labute approximate surface area is 92.4 Å². The van der Waals surface area contributed by atoms with Crippen LogP contribution in [0.25, 0.3) is 11.2 Å². The monoisotopic (exact) mass is 222 g/mol. The minimum absolute atomic E-state index is 0.151. The van der Waals surface area contributed by atoms with E-state index in [1.165, 1.54) is 0 Å². The van der Waals surface area contributed by atoms with Crippen LogP contribution in [0.5, 0.6) is 5.88 Å². The van der Waals surface area contributed by atoms with E-state index in [0.717, 1.165) is 0 Å². The Balaban J connectivity index is 2.65. The molecule has 2 rings (SSSR count). The van der Waals surface area contributed by atoms with E-state index in [4.69, 9.17) is 16.2 Å². The molecule has 4 N–H and O–H groups in total. The molecule has 0 aliphatic carbocycles. The quantitative estimate of drug-likeness (QED) is 0.773. The van der Waals surface area contributed by atoms with E-state index in [0.29, 0.717) is 23.7 Å². The molecule has 16 heavy (non-hydrogen) atoms. The van der Waals surface area contributed by atoms with Crippen LogP contribution in [-0.2, 0) is 0 Å². The molecular weight excluding hydrogens is 208 g/mol. The highest BCUT2D eigenvalue weighted by Crippen LogP contribution is 2.22. The van der Waals surface area contributed by atoms with Crippen LogP contribution in [0.1, 0.15) is 20.0 Å². The van der Waals surface area contributed by atoms with Gasteiger partial charge in [0.1, 0.15) is 0 Å². The number of hydrogen-bond donors (Lipinski definition) is 2. The van der Waals surface area contributed by atoms with Crippen molar-refractivity contribution in [3.8, 4) is 5.88 Å². The van der Waals surface area contributed by atoms with Gasteiger partial charge in [-0.2, -0.15) is 9.97 Å². The Kier molecular flexibility index (Phi) is 2.61. The normalized spacial score (nSPS) is 12.9. The molecule has 0 spiro atoms. The van der Waals surface area contributed by atoms with E-state index in [9.17, 15) is 0 Å². The first-order valence-electron chi connectivity index (χ1n) is 5.02. The molecule has 7 nitrogen and oxygen atoms in total. The van der Waals surface area contributed by atoms with Crippen molar-refractivity contribution >= 4 is 17.1 Å². The molecule has 0 radical (unpaired) electrons. The van der Waals surface area contributed by atoms with Gasteiger partial charge in [-0.05, 0) is 13.8 Å². The number of aromatic nitrogens is 4. The average molecular weight is 222 g/mol. The molecule has 0 aromatic carbocycles. The highest BCUT2D eigenvalue weighted by Gasteiger charge is 2.14. The van der Waals surface area contributed by atoms with Crippen LogP contribution in [0.3, 0.4) is 0 Å². The summed E-state index contributed by atoms with van der Waals surface area (Å²) in [5.74, 6) is 0.544. The van der Waals surface area contributed by atoms with Gasteiger partial charge in [-0.1, -0.05) is 0 Å². The third-order valence-electron chi connectivity index (χ3n) is 2.13. The minimum Gasteiger partial charge on any atom is -0.476 e. The topological polar surface area (TPSA) is 105 Å². The number of ether oxygens (including phenoxy) is 1. The first-order chi connectivity index (χ1) is 7.63. The molecule has 0 aliphatic rings. The fourth-order valence-electron chi connectivity index (χ4n) is 1.44. The zero-order valence-electron chi connectivity index (χ0n) is 9.21. The van der Waals surface area contributed by atoms with Crippen molar-refractivity contribution < 1.29 is 4.74 Å². The Morgan fingerprint density at radius 1 is 1.50 bits per heavy atom. The molecule has 86 valence electrons. The summed E-state index contributed by atoms with van der Waals surface area (Å²) in [7, 11) is 0. The van der Waals surface area contributed by atoms with E-state index in [-0.39, 0.29) is 12.1 Å². The smallest absolute Gasteiger partial charge is 0.247 e. The van der Waals surface area contributed by atoms with Gasteiger partial charge in [-0.3, -0.25) is 4.57 Å². The van der Waals surface area contributed by atoms with Crippen molar-refractivity contribution in [2.75, 3.05) is 12.3 Å². The molecule has 2 heterocycles. The maximum absolute atomic E-state index is 5.78. The molecule has 2 aromatic rings. The van der Waals surface area contributed by atoms with Gasteiger partial charge in [0.15, 0.2) is 11.2 Å². The number of imidazole rings is 1. The average Bonchev–Trinajstić information content (AvgIpc) is 2.61. The van der Waals surface area contributed by atoms with E-state index in [2.05, 4.69) is 15.0 Å². The number of rotatable bonds is 3. The maximum atomic E-state index is 5.78. The largest absolute Gasteiger partial charge is 0.476 e. The first kappa shape index (κ1) is 10.6. The summed E-state index contributed by atoms with van der Waals surface area (Å²) in [6.45, 7) is 4.20. The lowest BCUT2D eigenvalue weighted by molar-refractivity contribution is 0.330. The lowest BCUT2D eigenvalue weighted by Gasteiger charge is -2.08. The van der Waals surface area contributed by atoms with Gasteiger partial charge in [0.2, 0.25) is 11.8 Å². The Bertz CT molecular complexity index is 506. The molecule has 0 bridgehead atoms. The second-order valence-electron chi connectivity index (χ2n) is 3.38. The van der Waals surface area contributed by atoms with Gasteiger partial charge in [0.25, 0.3) is 0 Å². The second kappa shape index (κ2) is 3.93. The van der Waals surface area contributed by atoms with Gasteiger partial charge in [0, 0.05) is 0 Å². The van der Waals surface area contributed by atoms with Crippen LogP contribution in [0.2, 0.25) is 0 Å². The van der Waals surface area contributed by atoms with Crippen LogP contribution >= 0.6 is 0 Å². The molecule has 7 heteroatoms. The van der Waals surface area contributed by atoms with Crippen molar-refractivity contribution in [1.29, 1.82) is 0 Å². The molecule has 0 saturated heterocycles. The van der Waals surface area contributed by atoms with E-state index in [1.807, 2.05) is 13.8 Å². The van der Waals surface area contributed by atoms with Gasteiger partial charge < -0.3 is 16.2 Å². The zero-order chi connectivity index (χ0) is 11.7. The van der Waals surface area contributed by atoms with Gasteiger partial charge in [0.05, 0.1) is 19.1 Å². The van der Waals surface area contributed by atoms with Crippen molar-refractivity contribution in [2.45, 2.75) is 20.0 Å². The number of nitrogen functional groups attached to an aromatic ring is 1. The fraction of sp³-hybridized carbons (Fsp3) is 0.444. The van der Waals surface area contributed by atoms with Crippen molar-refractivity contribution in [3.05, 3.63) is 6.33 Å². The highest BCUT2D eigenvalue weighted by molar-refractivity contribution is 5.77. The number of nitrogens with two attached hydrogens (primary N) is 2. The highest BCUT2D eigenvalue weighted by atomic mass is 16.5. The van der Waals surface area contributed by atoms with Crippen LogP contribution in [0.15, 0.2) is 6.33 Å². The Morgan fingerprint density at radius 2 is 2.25 bits per heavy atom. The molecule has 0 fully saturated rings. The number of hydrogen-bond acceptors (Lipinski definition) is 6. The summed E-state index contributed by atoms with van der Waals surface area (Å²) in [6, 6.07) is 0. The molecule has 2 aromatic heterocycles. The molecule has 0 amide bonds. The predicted molar refractivity (Wildman–Crippen MR) is 59.8 cm³/mol. The first-order valence-corrected chi connectivity index (χ1v) is 5.02. The third-order valence-corrected chi connectivity index (χ3v) is 2.13. The lowest BCUT2D eigenvalue weighted by atomic mass is 10.5. The molecule has 1 atom stereocenters. The lowest BCUT2D eigenvalue weighted by Crippen LogP contribution is -2.14. The van der Waals surface area contributed by atoms with Gasteiger partial charge >= 0.3 is 0 Å². The second-order valence-corrected chi connectivity index (χ2v) is 3.38. The Hall–Kier alpha value is -1.89. The van der Waals surface area contributed by atoms with Gasteiger partial charge in [-0.25, -0.2) is 4.98 Å². The summed E-state index contributed by atoms with van der Waals surface area (Å²) in [6.07, 6.45) is 1.38. The fourth-order valence-corrected chi connectivity index (χ4v) is 1.44. The van der Waals surface area contributed by atoms with Crippen LogP contribution < -0.4 is 16.2 Å². The van der Waals surface area contributed by atoms with Crippen LogP contribution in [0.4, 0.5) is 5.95 Å². The number of anilines is 1. The van der Waals surface area contributed by atoms with E-state index < -0.39 is 0 Å². The zero-order valence-corrected chi connectivity index (χ0v) is 9.21. The van der Waals surface area contributed by atoms with Crippen molar-refractivity contribution in [3.63, 3.8) is 0 Å². The summed E-state index contributed by atoms with van der Waals surface area (Å²) in [4.78, 5) is 12.3. The number of nitrogens with zero attached hydrogens (tertiary/aromatic N) is 4. The molecule has 0 aliphatic heterocycles. The summed E-state index contributed by atoms with van der Waals surface area (Å²) in [5, 5.41) is 0. The number of fused-ring (bicyclic) bond motifs is 1. The van der Waals surface area contributed by atoms with E-state index in [1.54, 1.807) is 10.9 Å². The summed E-state index contributed by atoms with van der Waals surface area (Å²) < 4.78 is 7.06. The third kappa shape index (κ3) is 1.65. The van der Waals surface area contributed by atoms with Crippen LogP contribution in [-0.4, -0.2) is 26.1 Å².